The molecule has 2 aliphatic heterocycles. The summed E-state index contributed by atoms with van der Waals surface area (Å²) in [6.45, 7) is 4.61. The highest BCUT2D eigenvalue weighted by atomic mass is 32.2. The van der Waals surface area contributed by atoms with E-state index in [0.717, 1.165) is 25.7 Å². The van der Waals surface area contributed by atoms with Crippen LogP contribution in [0.1, 0.15) is 30.4 Å². The van der Waals surface area contributed by atoms with Crippen LogP contribution in [0.25, 0.3) is 0 Å². The first kappa shape index (κ1) is 28.5. The van der Waals surface area contributed by atoms with Crippen molar-refractivity contribution in [3.05, 3.63) is 41.1 Å². The fourth-order valence-corrected chi connectivity index (χ4v) is 6.44. The van der Waals surface area contributed by atoms with Crippen LogP contribution in [0.5, 0.6) is 5.75 Å². The molecular formula is C24H32F2N6O4S2. The largest absolute Gasteiger partial charge is 0.496 e. The van der Waals surface area contributed by atoms with Crippen LogP contribution >= 0.6 is 12.2 Å². The number of hydrogen-bond acceptors (Lipinski definition) is 10. The number of sulfonamides is 1. The van der Waals surface area contributed by atoms with E-state index in [1.807, 2.05) is 0 Å². The maximum absolute atomic E-state index is 14.5. The average molecular weight is 571 g/mol. The van der Waals surface area contributed by atoms with Gasteiger partial charge >= 0.3 is 0 Å². The van der Waals surface area contributed by atoms with Crippen LogP contribution in [0.4, 0.5) is 20.5 Å². The summed E-state index contributed by atoms with van der Waals surface area (Å²) in [5, 5.41) is 3.18. The van der Waals surface area contributed by atoms with Gasteiger partial charge in [-0.1, -0.05) is 12.2 Å². The molecule has 0 saturated carbocycles. The second-order valence-electron chi connectivity index (χ2n) is 9.20. The number of hydrogen-bond donors (Lipinski definition) is 2. The Bertz CT molecular complexity index is 1250. The van der Waals surface area contributed by atoms with Crippen molar-refractivity contribution >= 4 is 38.9 Å². The van der Waals surface area contributed by atoms with Gasteiger partial charge in [0.2, 0.25) is 16.0 Å². The van der Waals surface area contributed by atoms with Crippen molar-refractivity contribution in [2.75, 3.05) is 69.9 Å². The number of morpholine rings is 1. The van der Waals surface area contributed by atoms with E-state index in [0.29, 0.717) is 45.6 Å². The molecule has 2 fully saturated rings. The Kier molecular flexibility index (Phi) is 9.41. The molecule has 0 unspecified atom stereocenters. The summed E-state index contributed by atoms with van der Waals surface area (Å²) in [6.07, 6.45) is 3.10. The molecule has 1 aromatic carbocycles. The van der Waals surface area contributed by atoms with Crippen LogP contribution in [0, 0.1) is 11.6 Å². The normalized spacial score (nSPS) is 17.9. The topological polar surface area (TPSA) is 123 Å². The number of nitrogens with one attached hydrogen (secondary N) is 1. The van der Waals surface area contributed by atoms with Crippen molar-refractivity contribution in [3.63, 3.8) is 0 Å². The molecule has 3 N–H and O–H groups in total. The van der Waals surface area contributed by atoms with Crippen LogP contribution in [0.3, 0.4) is 0 Å². The number of methoxy groups -OCH3 is 1. The van der Waals surface area contributed by atoms with Gasteiger partial charge in [0.25, 0.3) is 0 Å². The standard InChI is InChI=1S/C24H32F2N6O4S2/c1-35-19-4-3-18(25)21(26)20(19)22(37)17-15-28-24(30-23(17)27)29-16-5-8-32(9-6-16)38(33,34)14-2-7-31-10-12-36-13-11-31/h3-4,15-16H,2,5-14H2,1H3,(H3,27,28,29,30). The lowest BCUT2D eigenvalue weighted by Crippen LogP contribution is -2.44. The minimum Gasteiger partial charge on any atom is -0.496 e. The Morgan fingerprint density at radius 2 is 1.95 bits per heavy atom. The molecule has 2 aromatic rings. The smallest absolute Gasteiger partial charge is 0.224 e. The summed E-state index contributed by atoms with van der Waals surface area (Å²) in [5.74, 6) is -1.77. The number of nitrogen functional groups attached to an aromatic ring is 1. The summed E-state index contributed by atoms with van der Waals surface area (Å²) in [7, 11) is -2.00. The molecule has 0 amide bonds. The van der Waals surface area contributed by atoms with E-state index in [4.69, 9.17) is 27.4 Å². The highest BCUT2D eigenvalue weighted by molar-refractivity contribution is 7.89. The zero-order valence-corrected chi connectivity index (χ0v) is 22.8. The zero-order valence-electron chi connectivity index (χ0n) is 21.2. The fraction of sp³-hybridized carbons (Fsp3) is 0.542. The number of aromatic nitrogens is 2. The Labute approximate surface area is 226 Å². The number of rotatable bonds is 10. The third-order valence-corrected chi connectivity index (χ3v) is 9.11. The summed E-state index contributed by atoms with van der Waals surface area (Å²) < 4.78 is 65.9. The van der Waals surface area contributed by atoms with E-state index in [1.54, 1.807) is 4.31 Å². The molecular weight excluding hydrogens is 538 g/mol. The predicted octanol–water partition coefficient (Wildman–Crippen LogP) is 2.04. The second-order valence-corrected chi connectivity index (χ2v) is 11.7. The lowest BCUT2D eigenvalue weighted by molar-refractivity contribution is 0.0380. The predicted molar refractivity (Wildman–Crippen MR) is 144 cm³/mol. The van der Waals surface area contributed by atoms with Gasteiger partial charge in [-0.3, -0.25) is 4.90 Å². The molecule has 0 spiro atoms. The first-order chi connectivity index (χ1) is 18.2. The van der Waals surface area contributed by atoms with Crippen molar-refractivity contribution in [1.29, 1.82) is 0 Å². The fourth-order valence-electron chi connectivity index (χ4n) is 4.57. The van der Waals surface area contributed by atoms with E-state index in [-0.39, 0.29) is 45.3 Å². The third-order valence-electron chi connectivity index (χ3n) is 6.73. The number of thiocarbonyl (C=S) groups is 1. The minimum absolute atomic E-state index is 0.00139. The lowest BCUT2D eigenvalue weighted by Gasteiger charge is -2.32. The second kappa shape index (κ2) is 12.6. The van der Waals surface area contributed by atoms with Gasteiger partial charge in [-0.2, -0.15) is 4.98 Å². The van der Waals surface area contributed by atoms with E-state index in [1.165, 1.54) is 19.4 Å². The number of nitrogens with zero attached hydrogens (tertiary/aromatic N) is 4. The van der Waals surface area contributed by atoms with Crippen LogP contribution in [0.2, 0.25) is 0 Å². The molecule has 0 aliphatic carbocycles. The van der Waals surface area contributed by atoms with Gasteiger partial charge < -0.3 is 20.5 Å². The van der Waals surface area contributed by atoms with Gasteiger partial charge in [-0.05, 0) is 37.9 Å². The molecule has 0 bridgehead atoms. The average Bonchev–Trinajstić information content (AvgIpc) is 2.91. The summed E-state index contributed by atoms with van der Waals surface area (Å²) in [5.41, 5.74) is 6.04. The summed E-state index contributed by atoms with van der Waals surface area (Å²) >= 11 is 5.36. The van der Waals surface area contributed by atoms with E-state index >= 15 is 0 Å². The van der Waals surface area contributed by atoms with Crippen LogP contribution in [0.15, 0.2) is 18.3 Å². The van der Waals surface area contributed by atoms with E-state index in [2.05, 4.69) is 20.2 Å². The quantitative estimate of drug-likeness (QED) is 0.324. The molecule has 10 nitrogen and oxygen atoms in total. The molecule has 3 heterocycles. The molecule has 2 saturated heterocycles. The van der Waals surface area contributed by atoms with Gasteiger partial charge in [0, 0.05) is 38.4 Å². The molecule has 1 aromatic heterocycles. The maximum atomic E-state index is 14.5. The number of piperidine rings is 1. The van der Waals surface area contributed by atoms with Crippen LogP contribution in [-0.2, 0) is 14.8 Å². The molecule has 2 aliphatic rings. The molecule has 208 valence electrons. The van der Waals surface area contributed by atoms with Crippen LogP contribution < -0.4 is 15.8 Å². The van der Waals surface area contributed by atoms with Gasteiger partial charge in [0.1, 0.15) is 11.6 Å². The first-order valence-corrected chi connectivity index (χ1v) is 14.4. The Morgan fingerprint density at radius 1 is 1.24 bits per heavy atom. The number of ether oxygens (including phenoxy) is 2. The number of halogens is 2. The van der Waals surface area contributed by atoms with E-state index in [9.17, 15) is 17.2 Å². The Balaban J connectivity index is 1.32. The van der Waals surface area contributed by atoms with Gasteiger partial charge in [0.05, 0.1) is 42.1 Å². The molecule has 4 rings (SSSR count). The van der Waals surface area contributed by atoms with Crippen molar-refractivity contribution in [3.8, 4) is 5.75 Å². The summed E-state index contributed by atoms with van der Waals surface area (Å²) in [6, 6.07) is 2.19. The number of nitrogens with two attached hydrogens (primary N) is 1. The lowest BCUT2D eigenvalue weighted by atomic mass is 10.0. The zero-order chi connectivity index (χ0) is 27.3. The third kappa shape index (κ3) is 6.72. The maximum Gasteiger partial charge on any atom is 0.224 e. The first-order valence-electron chi connectivity index (χ1n) is 12.4. The van der Waals surface area contributed by atoms with Crippen LogP contribution in [-0.4, -0.2) is 97.3 Å². The van der Waals surface area contributed by atoms with Crippen molar-refractivity contribution < 1.29 is 26.7 Å². The molecule has 14 heteroatoms. The van der Waals surface area contributed by atoms with Crippen molar-refractivity contribution in [2.24, 2.45) is 0 Å². The number of anilines is 2. The number of benzene rings is 1. The van der Waals surface area contributed by atoms with Crippen molar-refractivity contribution in [2.45, 2.75) is 25.3 Å². The van der Waals surface area contributed by atoms with Crippen molar-refractivity contribution in [1.82, 2.24) is 19.2 Å². The molecule has 0 radical (unpaired) electrons. The highest BCUT2D eigenvalue weighted by Crippen LogP contribution is 2.29. The highest BCUT2D eigenvalue weighted by Gasteiger charge is 2.29. The summed E-state index contributed by atoms with van der Waals surface area (Å²) in [4.78, 5) is 10.6. The SMILES string of the molecule is COc1ccc(F)c(F)c1C(=S)c1cnc(NC2CCN(S(=O)(=O)CCCN3CCOCC3)CC2)nc1N. The van der Waals surface area contributed by atoms with E-state index < -0.39 is 21.7 Å². The monoisotopic (exact) mass is 570 g/mol. The minimum atomic E-state index is -3.33. The van der Waals surface area contributed by atoms with Gasteiger partial charge in [-0.25, -0.2) is 26.5 Å². The Morgan fingerprint density at radius 3 is 2.61 bits per heavy atom. The molecule has 0 atom stereocenters. The Hall–Kier alpha value is -2.52. The molecule has 38 heavy (non-hydrogen) atoms. The van der Waals surface area contributed by atoms with Gasteiger partial charge in [-0.15, -0.1) is 0 Å². The van der Waals surface area contributed by atoms with Gasteiger partial charge in [0.15, 0.2) is 11.6 Å².